The van der Waals surface area contributed by atoms with Gasteiger partial charge < -0.3 is 14.2 Å². The maximum atomic E-state index is 11.8. The number of aromatic nitrogens is 1. The molecule has 0 aliphatic heterocycles. The van der Waals surface area contributed by atoms with Gasteiger partial charge >= 0.3 is 29.5 Å². The highest BCUT2D eigenvalue weighted by Gasteiger charge is 2.30. The van der Waals surface area contributed by atoms with Crippen LogP contribution in [-0.4, -0.2) is 45.9 Å². The van der Waals surface area contributed by atoms with Gasteiger partial charge in [0.05, 0.1) is 23.7 Å². The van der Waals surface area contributed by atoms with Gasteiger partial charge in [-0.05, 0) is 13.8 Å². The molecule has 0 fully saturated rings. The first-order valence-electron chi connectivity index (χ1n) is 6.65. The zero-order valence-corrected chi connectivity index (χ0v) is 14.3. The largest absolute Gasteiger partial charge is 0.465 e. The zero-order valence-electron chi connectivity index (χ0n) is 12.7. The Bertz CT molecular complexity index is 663. The third-order valence-corrected chi connectivity index (χ3v) is 3.19. The van der Waals surface area contributed by atoms with E-state index in [4.69, 9.17) is 9.47 Å². The third-order valence-electron chi connectivity index (χ3n) is 2.44. The standard InChI is InChI=1S/C13H13BrN2O8/c1-3-22-11(17)7-5-8(16(20)21)10(15-6-7)24-13(19)9(14)12(18)23-4-2/h5-6,9H,3-4H2,1-2H3. The van der Waals surface area contributed by atoms with E-state index in [1.807, 2.05) is 0 Å². The SMILES string of the molecule is CCOC(=O)c1cnc(OC(=O)C(Br)C(=O)OCC)c([N+](=O)[O-])c1. The zero-order chi connectivity index (χ0) is 18.3. The van der Waals surface area contributed by atoms with E-state index >= 15 is 0 Å². The number of esters is 3. The van der Waals surface area contributed by atoms with Crippen LogP contribution in [0.5, 0.6) is 5.88 Å². The molecule has 24 heavy (non-hydrogen) atoms. The molecule has 1 atom stereocenters. The fourth-order valence-corrected chi connectivity index (χ4v) is 1.66. The van der Waals surface area contributed by atoms with Crippen LogP contribution in [0, 0.1) is 10.1 Å². The van der Waals surface area contributed by atoms with Gasteiger partial charge in [-0.3, -0.25) is 14.9 Å². The lowest BCUT2D eigenvalue weighted by molar-refractivity contribution is -0.386. The first-order valence-corrected chi connectivity index (χ1v) is 7.57. The Morgan fingerprint density at radius 2 is 1.88 bits per heavy atom. The Balaban J connectivity index is 3.03. The lowest BCUT2D eigenvalue weighted by Crippen LogP contribution is -2.30. The normalized spacial score (nSPS) is 11.3. The van der Waals surface area contributed by atoms with Crippen LogP contribution in [0.1, 0.15) is 24.2 Å². The molecule has 11 heteroatoms. The number of nitro groups is 1. The minimum atomic E-state index is -1.47. The molecule has 0 spiro atoms. The molecule has 1 rings (SSSR count). The highest BCUT2D eigenvalue weighted by Crippen LogP contribution is 2.26. The Kier molecular flexibility index (Phi) is 7.24. The predicted octanol–water partition coefficient (Wildman–Crippen LogP) is 1.40. The van der Waals surface area contributed by atoms with Crippen LogP contribution in [0.3, 0.4) is 0 Å². The van der Waals surface area contributed by atoms with Gasteiger partial charge in [0, 0.05) is 12.3 Å². The van der Waals surface area contributed by atoms with Crippen molar-refractivity contribution < 1.29 is 33.5 Å². The van der Waals surface area contributed by atoms with E-state index in [-0.39, 0.29) is 18.8 Å². The Hall–Kier alpha value is -2.56. The molecule has 1 aromatic heterocycles. The summed E-state index contributed by atoms with van der Waals surface area (Å²) in [4.78, 5) is 47.1. The van der Waals surface area contributed by atoms with Crippen molar-refractivity contribution in [3.05, 3.63) is 27.9 Å². The molecule has 1 aromatic rings. The lowest BCUT2D eigenvalue weighted by atomic mass is 10.2. The van der Waals surface area contributed by atoms with Gasteiger partial charge in [-0.2, -0.15) is 0 Å². The van der Waals surface area contributed by atoms with Crippen molar-refractivity contribution in [3.63, 3.8) is 0 Å². The predicted molar refractivity (Wildman–Crippen MR) is 81.8 cm³/mol. The summed E-state index contributed by atoms with van der Waals surface area (Å²) in [6.07, 6.45) is 0.960. The number of hydrogen-bond acceptors (Lipinski definition) is 9. The number of carbonyl (C=O) groups excluding carboxylic acids is 3. The van der Waals surface area contributed by atoms with Crippen molar-refractivity contribution in [1.29, 1.82) is 0 Å². The molecule has 0 amide bonds. The summed E-state index contributed by atoms with van der Waals surface area (Å²) >= 11 is 2.77. The van der Waals surface area contributed by atoms with E-state index in [2.05, 4.69) is 25.7 Å². The van der Waals surface area contributed by atoms with Crippen molar-refractivity contribution in [1.82, 2.24) is 4.98 Å². The first-order chi connectivity index (χ1) is 11.3. The van der Waals surface area contributed by atoms with Crippen LogP contribution in [0.2, 0.25) is 0 Å². The summed E-state index contributed by atoms with van der Waals surface area (Å²) in [7, 11) is 0. The Morgan fingerprint density at radius 1 is 1.25 bits per heavy atom. The molecule has 0 radical (unpaired) electrons. The summed E-state index contributed by atoms with van der Waals surface area (Å²) in [6, 6.07) is 0.862. The molecule has 0 aliphatic rings. The highest BCUT2D eigenvalue weighted by molar-refractivity contribution is 9.10. The van der Waals surface area contributed by atoms with E-state index in [1.165, 1.54) is 0 Å². The number of nitrogens with zero attached hydrogens (tertiary/aromatic N) is 2. The number of halogens is 1. The van der Waals surface area contributed by atoms with Crippen LogP contribution >= 0.6 is 15.9 Å². The number of ether oxygens (including phenoxy) is 3. The van der Waals surface area contributed by atoms with E-state index in [0.29, 0.717) is 0 Å². The van der Waals surface area contributed by atoms with Gasteiger partial charge in [0.15, 0.2) is 0 Å². The van der Waals surface area contributed by atoms with Gasteiger partial charge in [0.25, 0.3) is 0 Å². The van der Waals surface area contributed by atoms with Crippen molar-refractivity contribution in [3.8, 4) is 5.88 Å². The maximum Gasteiger partial charge on any atom is 0.339 e. The molecular formula is C13H13BrN2O8. The number of hydrogen-bond donors (Lipinski definition) is 0. The maximum absolute atomic E-state index is 11.8. The topological polar surface area (TPSA) is 135 Å². The number of alkyl halides is 1. The third kappa shape index (κ3) is 4.98. The second-order valence-electron chi connectivity index (χ2n) is 4.06. The molecule has 0 bridgehead atoms. The van der Waals surface area contributed by atoms with Crippen LogP contribution in [-0.2, 0) is 19.1 Å². The molecule has 130 valence electrons. The molecular weight excluding hydrogens is 392 g/mol. The van der Waals surface area contributed by atoms with Crippen LogP contribution in [0.25, 0.3) is 0 Å². The summed E-state index contributed by atoms with van der Waals surface area (Å²) in [6.45, 7) is 3.24. The second kappa shape index (κ2) is 8.91. The molecule has 10 nitrogen and oxygen atoms in total. The van der Waals surface area contributed by atoms with Crippen molar-refractivity contribution in [2.75, 3.05) is 13.2 Å². The van der Waals surface area contributed by atoms with Crippen LogP contribution < -0.4 is 4.74 Å². The first kappa shape index (κ1) is 19.5. The highest BCUT2D eigenvalue weighted by atomic mass is 79.9. The van der Waals surface area contributed by atoms with E-state index < -0.39 is 39.2 Å². The molecule has 0 saturated heterocycles. The van der Waals surface area contributed by atoms with Crippen LogP contribution in [0.15, 0.2) is 12.3 Å². The van der Waals surface area contributed by atoms with Gasteiger partial charge in [-0.25, -0.2) is 14.6 Å². The Labute approximate surface area is 144 Å². The van der Waals surface area contributed by atoms with Crippen molar-refractivity contribution in [2.45, 2.75) is 18.7 Å². The van der Waals surface area contributed by atoms with Crippen molar-refractivity contribution >= 4 is 39.5 Å². The average molecular weight is 405 g/mol. The van der Waals surface area contributed by atoms with Crippen LogP contribution in [0.4, 0.5) is 5.69 Å². The fourth-order valence-electron chi connectivity index (χ4n) is 1.43. The summed E-state index contributed by atoms with van der Waals surface area (Å²) in [5.74, 6) is -3.52. The smallest absolute Gasteiger partial charge is 0.339 e. The van der Waals surface area contributed by atoms with E-state index in [0.717, 1.165) is 12.3 Å². The molecule has 1 heterocycles. The summed E-state index contributed by atoms with van der Waals surface area (Å²) < 4.78 is 14.1. The molecule has 0 aromatic carbocycles. The second-order valence-corrected chi connectivity index (χ2v) is 4.98. The lowest BCUT2D eigenvalue weighted by Gasteiger charge is -2.09. The molecule has 0 N–H and O–H groups in total. The minimum Gasteiger partial charge on any atom is -0.465 e. The van der Waals surface area contributed by atoms with Crippen molar-refractivity contribution in [2.24, 2.45) is 0 Å². The molecule has 0 saturated carbocycles. The number of rotatable bonds is 7. The number of carbonyl (C=O) groups is 3. The summed E-state index contributed by atoms with van der Waals surface area (Å²) in [5, 5.41) is 11.1. The van der Waals surface area contributed by atoms with Gasteiger partial charge in [-0.1, -0.05) is 15.9 Å². The molecule has 1 unspecified atom stereocenters. The van der Waals surface area contributed by atoms with Gasteiger partial charge in [0.2, 0.25) is 4.83 Å². The van der Waals surface area contributed by atoms with E-state index in [1.54, 1.807) is 13.8 Å². The minimum absolute atomic E-state index is 0.0425. The summed E-state index contributed by atoms with van der Waals surface area (Å²) in [5.41, 5.74) is -0.901. The number of pyridine rings is 1. The monoisotopic (exact) mass is 404 g/mol. The average Bonchev–Trinajstić information content (AvgIpc) is 2.54. The molecule has 0 aliphatic carbocycles. The quantitative estimate of drug-likeness (QED) is 0.217. The van der Waals surface area contributed by atoms with E-state index in [9.17, 15) is 24.5 Å². The van der Waals surface area contributed by atoms with Gasteiger partial charge in [-0.15, -0.1) is 0 Å². The van der Waals surface area contributed by atoms with Gasteiger partial charge in [0.1, 0.15) is 0 Å². The Morgan fingerprint density at radius 3 is 2.42 bits per heavy atom. The fraction of sp³-hybridized carbons (Fsp3) is 0.385.